The largest absolute Gasteiger partial charge is 0.397 e. The Kier molecular flexibility index (Phi) is 4.56. The van der Waals surface area contributed by atoms with Crippen LogP contribution in [0, 0.1) is 17.2 Å². The van der Waals surface area contributed by atoms with Gasteiger partial charge in [0.1, 0.15) is 21.6 Å². The van der Waals surface area contributed by atoms with Crippen LogP contribution in [-0.4, -0.2) is 28.9 Å². The molecule has 1 fully saturated rings. The third-order valence-corrected chi connectivity index (χ3v) is 5.86. The summed E-state index contributed by atoms with van der Waals surface area (Å²) in [6.45, 7) is 7.64. The molecule has 0 spiro atoms. The van der Waals surface area contributed by atoms with Gasteiger partial charge in [0, 0.05) is 18.5 Å². The number of nitrogen functional groups attached to an aromatic ring is 2. The summed E-state index contributed by atoms with van der Waals surface area (Å²) in [5, 5.41) is 10.2. The van der Waals surface area contributed by atoms with Gasteiger partial charge < -0.3 is 16.4 Å². The van der Waals surface area contributed by atoms with Crippen LogP contribution in [0.1, 0.15) is 60.3 Å². The summed E-state index contributed by atoms with van der Waals surface area (Å²) in [5.41, 5.74) is 13.9. The summed E-state index contributed by atoms with van der Waals surface area (Å²) in [6, 6.07) is 2.14. The SMILES string of the molecule is CC1CCCN(C(=O)c2sc3nc(N)c(C#N)c(C(C)C)c3c2N)C1. The summed E-state index contributed by atoms with van der Waals surface area (Å²) in [4.78, 5) is 20.3. The summed E-state index contributed by atoms with van der Waals surface area (Å²) in [5.74, 6) is 0.708. The van der Waals surface area contributed by atoms with Gasteiger partial charge in [-0.25, -0.2) is 4.98 Å². The molecule has 1 saturated heterocycles. The third-order valence-electron chi connectivity index (χ3n) is 4.77. The molecule has 0 radical (unpaired) electrons. The fourth-order valence-corrected chi connectivity index (χ4v) is 4.66. The fourth-order valence-electron chi connectivity index (χ4n) is 3.57. The average Bonchev–Trinajstić information content (AvgIpc) is 2.89. The zero-order valence-corrected chi connectivity index (χ0v) is 15.6. The van der Waals surface area contributed by atoms with Crippen LogP contribution >= 0.6 is 11.3 Å². The molecule has 4 N–H and O–H groups in total. The number of likely N-dealkylation sites (tertiary alicyclic amines) is 1. The van der Waals surface area contributed by atoms with Crippen LogP contribution in [0.5, 0.6) is 0 Å². The minimum Gasteiger partial charge on any atom is -0.397 e. The Bertz CT molecular complexity index is 880. The Morgan fingerprint density at radius 3 is 2.76 bits per heavy atom. The number of nitrogens with zero attached hydrogens (tertiary/aromatic N) is 3. The third kappa shape index (κ3) is 2.91. The van der Waals surface area contributed by atoms with Crippen molar-refractivity contribution in [1.29, 1.82) is 5.26 Å². The summed E-state index contributed by atoms with van der Waals surface area (Å²) >= 11 is 1.28. The first-order valence-corrected chi connectivity index (χ1v) is 9.37. The van der Waals surface area contributed by atoms with E-state index in [9.17, 15) is 10.1 Å². The molecular formula is C18H23N5OS. The number of hydrogen-bond donors (Lipinski definition) is 2. The van der Waals surface area contributed by atoms with E-state index in [1.165, 1.54) is 11.3 Å². The lowest BCUT2D eigenvalue weighted by Gasteiger charge is -2.30. The number of amides is 1. The number of aromatic nitrogens is 1. The molecule has 3 heterocycles. The van der Waals surface area contributed by atoms with Gasteiger partial charge in [-0.1, -0.05) is 20.8 Å². The maximum atomic E-state index is 13.0. The summed E-state index contributed by atoms with van der Waals surface area (Å²) < 4.78 is 0. The number of carbonyl (C=O) groups is 1. The van der Waals surface area contributed by atoms with Gasteiger partial charge in [0.15, 0.2) is 0 Å². The van der Waals surface area contributed by atoms with Crippen LogP contribution < -0.4 is 11.5 Å². The highest BCUT2D eigenvalue weighted by atomic mass is 32.1. The van der Waals surface area contributed by atoms with Crippen LogP contribution in [0.15, 0.2) is 0 Å². The Labute approximate surface area is 151 Å². The molecule has 0 aliphatic carbocycles. The van der Waals surface area contributed by atoms with Gasteiger partial charge in [-0.3, -0.25) is 4.79 Å². The number of pyridine rings is 1. The molecule has 1 atom stereocenters. The molecule has 1 unspecified atom stereocenters. The van der Waals surface area contributed by atoms with Crippen molar-refractivity contribution in [3.8, 4) is 6.07 Å². The first-order chi connectivity index (χ1) is 11.8. The van der Waals surface area contributed by atoms with Crippen molar-refractivity contribution in [3.63, 3.8) is 0 Å². The molecule has 1 amide bonds. The van der Waals surface area contributed by atoms with Crippen molar-refractivity contribution >= 4 is 39.0 Å². The van der Waals surface area contributed by atoms with Gasteiger partial charge in [-0.15, -0.1) is 11.3 Å². The van der Waals surface area contributed by atoms with E-state index in [2.05, 4.69) is 18.0 Å². The van der Waals surface area contributed by atoms with E-state index >= 15 is 0 Å². The predicted molar refractivity (Wildman–Crippen MR) is 102 cm³/mol. The second kappa shape index (κ2) is 6.52. The number of thiophene rings is 1. The Balaban J connectivity index is 2.16. The van der Waals surface area contributed by atoms with Gasteiger partial charge in [-0.05, 0) is 30.2 Å². The van der Waals surface area contributed by atoms with Crippen LogP contribution in [-0.2, 0) is 0 Å². The highest BCUT2D eigenvalue weighted by Crippen LogP contribution is 2.41. The Morgan fingerprint density at radius 1 is 1.44 bits per heavy atom. The van der Waals surface area contributed by atoms with Crippen LogP contribution in [0.3, 0.4) is 0 Å². The van der Waals surface area contributed by atoms with E-state index in [1.54, 1.807) is 0 Å². The lowest BCUT2D eigenvalue weighted by molar-refractivity contribution is 0.0689. The number of anilines is 2. The molecule has 3 rings (SSSR count). The first-order valence-electron chi connectivity index (χ1n) is 8.55. The molecule has 1 aliphatic rings. The van der Waals surface area contributed by atoms with Crippen LogP contribution in [0.2, 0.25) is 0 Å². The topological polar surface area (TPSA) is 109 Å². The Morgan fingerprint density at radius 2 is 2.16 bits per heavy atom. The molecule has 132 valence electrons. The van der Waals surface area contributed by atoms with E-state index in [4.69, 9.17) is 11.5 Å². The van der Waals surface area contributed by atoms with Gasteiger partial charge in [0.05, 0.1) is 11.3 Å². The number of carbonyl (C=O) groups excluding carboxylic acids is 1. The molecule has 0 saturated carbocycles. The maximum Gasteiger partial charge on any atom is 0.266 e. The molecule has 2 aromatic heterocycles. The molecular weight excluding hydrogens is 334 g/mol. The van der Waals surface area contributed by atoms with Gasteiger partial charge in [0.25, 0.3) is 5.91 Å². The second-order valence-corrected chi connectivity index (χ2v) is 8.07. The molecule has 7 heteroatoms. The van der Waals surface area contributed by atoms with Crippen molar-refractivity contribution in [1.82, 2.24) is 9.88 Å². The number of piperidine rings is 1. The predicted octanol–water partition coefficient (Wildman–Crippen LogP) is 3.33. The number of hydrogen-bond acceptors (Lipinski definition) is 6. The van der Waals surface area contributed by atoms with Crippen molar-refractivity contribution in [2.75, 3.05) is 24.6 Å². The molecule has 0 aromatic carbocycles. The zero-order chi connectivity index (χ0) is 18.3. The van der Waals surface area contributed by atoms with Crippen molar-refractivity contribution in [2.24, 2.45) is 5.92 Å². The molecule has 2 aromatic rings. The minimum atomic E-state index is -0.0427. The van der Waals surface area contributed by atoms with Gasteiger partial charge in [0.2, 0.25) is 0 Å². The number of nitrogens with two attached hydrogens (primary N) is 2. The van der Waals surface area contributed by atoms with Crippen molar-refractivity contribution in [2.45, 2.75) is 39.5 Å². The molecule has 0 bridgehead atoms. The normalized spacial score (nSPS) is 17.9. The maximum absolute atomic E-state index is 13.0. The van der Waals surface area contributed by atoms with Gasteiger partial charge in [-0.2, -0.15) is 5.26 Å². The number of nitriles is 1. The molecule has 25 heavy (non-hydrogen) atoms. The number of fused-ring (bicyclic) bond motifs is 1. The van der Waals surface area contributed by atoms with E-state index in [-0.39, 0.29) is 17.6 Å². The average molecular weight is 357 g/mol. The first kappa shape index (κ1) is 17.5. The van der Waals surface area contributed by atoms with Crippen LogP contribution in [0.25, 0.3) is 10.2 Å². The standard InChI is InChI=1S/C18H23N5OS/c1-9(2)12-11(7-19)16(21)22-17-13(12)14(20)15(25-17)18(24)23-6-4-5-10(3)8-23/h9-10H,4-6,8,20H2,1-3H3,(H2,21,22). The van der Waals surface area contributed by atoms with Crippen LogP contribution in [0.4, 0.5) is 11.5 Å². The minimum absolute atomic E-state index is 0.0427. The summed E-state index contributed by atoms with van der Waals surface area (Å²) in [7, 11) is 0. The Hall–Kier alpha value is -2.33. The van der Waals surface area contributed by atoms with Gasteiger partial charge >= 0.3 is 0 Å². The van der Waals surface area contributed by atoms with Crippen molar-refractivity contribution in [3.05, 3.63) is 16.0 Å². The lowest BCUT2D eigenvalue weighted by Crippen LogP contribution is -2.39. The fraction of sp³-hybridized carbons (Fsp3) is 0.500. The van der Waals surface area contributed by atoms with E-state index < -0.39 is 0 Å². The lowest BCUT2D eigenvalue weighted by atomic mass is 9.94. The highest BCUT2D eigenvalue weighted by molar-refractivity contribution is 7.21. The zero-order valence-electron chi connectivity index (χ0n) is 14.8. The van der Waals surface area contributed by atoms with E-state index in [0.29, 0.717) is 32.3 Å². The quantitative estimate of drug-likeness (QED) is 0.857. The van der Waals surface area contributed by atoms with Crippen molar-refractivity contribution < 1.29 is 4.79 Å². The van der Waals surface area contributed by atoms with E-state index in [0.717, 1.165) is 31.5 Å². The second-order valence-electron chi connectivity index (χ2n) is 7.08. The molecule has 6 nitrogen and oxygen atoms in total. The van der Waals surface area contributed by atoms with E-state index in [1.807, 2.05) is 18.7 Å². The summed E-state index contributed by atoms with van der Waals surface area (Å²) in [6.07, 6.45) is 2.16. The number of rotatable bonds is 2. The molecule has 1 aliphatic heterocycles. The highest BCUT2D eigenvalue weighted by Gasteiger charge is 2.28. The monoisotopic (exact) mass is 357 g/mol. The smallest absolute Gasteiger partial charge is 0.266 e.